The lowest BCUT2D eigenvalue weighted by molar-refractivity contribution is -0.274. The highest BCUT2D eigenvalue weighted by Gasteiger charge is 2.31. The van der Waals surface area contributed by atoms with Crippen LogP contribution in [0.3, 0.4) is 0 Å². The van der Waals surface area contributed by atoms with Gasteiger partial charge in [-0.1, -0.05) is 30.3 Å². The van der Waals surface area contributed by atoms with Gasteiger partial charge in [0.2, 0.25) is 5.13 Å². The van der Waals surface area contributed by atoms with E-state index >= 15 is 0 Å². The summed E-state index contributed by atoms with van der Waals surface area (Å²) < 4.78 is 64.6. The van der Waals surface area contributed by atoms with Gasteiger partial charge >= 0.3 is 6.36 Å². The fourth-order valence-electron chi connectivity index (χ4n) is 2.88. The van der Waals surface area contributed by atoms with Crippen molar-refractivity contribution in [3.63, 3.8) is 0 Å². The Morgan fingerprint density at radius 2 is 1.90 bits per heavy atom. The molecule has 4 rings (SSSR count). The average Bonchev–Trinajstić information content (AvgIpc) is 3.21. The molecule has 4 aromatic rings. The van der Waals surface area contributed by atoms with Crippen LogP contribution in [0.15, 0.2) is 66.2 Å². The molecular formula is C19H12F3N3O3S2. The molecule has 30 heavy (non-hydrogen) atoms. The number of fused-ring (bicyclic) bond motifs is 1. The molecule has 1 atom stereocenters. The SMILES string of the molecule is O=S(O)N(c1nccs1)c1cccc2ccc(-c3cccc(OC(F)(F)F)c3)nc12. The van der Waals surface area contributed by atoms with Gasteiger partial charge in [-0.15, -0.1) is 24.5 Å². The smallest absolute Gasteiger partial charge is 0.406 e. The Labute approximate surface area is 175 Å². The summed E-state index contributed by atoms with van der Waals surface area (Å²) in [6.07, 6.45) is -3.29. The zero-order valence-electron chi connectivity index (χ0n) is 14.9. The Hall–Kier alpha value is -3.02. The predicted molar refractivity (Wildman–Crippen MR) is 109 cm³/mol. The maximum atomic E-state index is 12.5. The van der Waals surface area contributed by atoms with E-state index in [4.69, 9.17) is 0 Å². The van der Waals surface area contributed by atoms with E-state index in [1.54, 1.807) is 41.8 Å². The summed E-state index contributed by atoms with van der Waals surface area (Å²) in [6, 6.07) is 14.0. The number of hydrogen-bond donors (Lipinski definition) is 1. The Kier molecular flexibility index (Phi) is 5.41. The number of aromatic nitrogens is 2. The Morgan fingerprint density at radius 1 is 1.10 bits per heavy atom. The van der Waals surface area contributed by atoms with Gasteiger partial charge in [-0.05, 0) is 24.3 Å². The van der Waals surface area contributed by atoms with Crippen LogP contribution in [-0.4, -0.2) is 25.1 Å². The first-order valence-corrected chi connectivity index (χ1v) is 10.3. The zero-order chi connectivity index (χ0) is 21.3. The van der Waals surface area contributed by atoms with E-state index in [9.17, 15) is 21.9 Å². The van der Waals surface area contributed by atoms with Crippen molar-refractivity contribution in [2.45, 2.75) is 6.36 Å². The van der Waals surface area contributed by atoms with Crippen LogP contribution in [0, 0.1) is 0 Å². The minimum atomic E-state index is -4.80. The summed E-state index contributed by atoms with van der Waals surface area (Å²) in [5.41, 5.74) is 1.52. The second kappa shape index (κ2) is 8.01. The van der Waals surface area contributed by atoms with Crippen molar-refractivity contribution in [3.05, 3.63) is 66.2 Å². The summed E-state index contributed by atoms with van der Waals surface area (Å²) in [6.45, 7) is 0. The van der Waals surface area contributed by atoms with Crippen LogP contribution in [0.25, 0.3) is 22.2 Å². The highest BCUT2D eigenvalue weighted by Crippen LogP contribution is 2.35. The number of alkyl halides is 3. The molecule has 0 fully saturated rings. The molecule has 1 N–H and O–H groups in total. The van der Waals surface area contributed by atoms with Gasteiger partial charge < -0.3 is 4.74 Å². The number of halogens is 3. The number of pyridine rings is 1. The summed E-state index contributed by atoms with van der Waals surface area (Å²) >= 11 is -1.23. The van der Waals surface area contributed by atoms with Gasteiger partial charge in [0.25, 0.3) is 11.3 Å². The molecule has 1 unspecified atom stereocenters. The second-order valence-electron chi connectivity index (χ2n) is 5.96. The van der Waals surface area contributed by atoms with E-state index < -0.39 is 17.6 Å². The van der Waals surface area contributed by atoms with Crippen LogP contribution in [0.2, 0.25) is 0 Å². The molecular weight excluding hydrogens is 439 g/mol. The third-order valence-electron chi connectivity index (χ3n) is 4.03. The van der Waals surface area contributed by atoms with Crippen molar-refractivity contribution in [3.8, 4) is 17.0 Å². The van der Waals surface area contributed by atoms with Crippen LogP contribution in [0.4, 0.5) is 24.0 Å². The molecule has 2 heterocycles. The van der Waals surface area contributed by atoms with Crippen LogP contribution >= 0.6 is 11.3 Å². The van der Waals surface area contributed by atoms with E-state index in [0.29, 0.717) is 33.0 Å². The van der Waals surface area contributed by atoms with Gasteiger partial charge in [0, 0.05) is 22.5 Å². The number of thiazole rings is 1. The third-order valence-corrected chi connectivity index (χ3v) is 5.58. The van der Waals surface area contributed by atoms with Gasteiger partial charge in [0.05, 0.1) is 16.9 Å². The molecule has 0 amide bonds. The van der Waals surface area contributed by atoms with E-state index in [0.717, 1.165) is 4.31 Å². The van der Waals surface area contributed by atoms with Gasteiger partial charge in [0.15, 0.2) is 0 Å². The van der Waals surface area contributed by atoms with E-state index in [-0.39, 0.29) is 5.75 Å². The highest BCUT2D eigenvalue weighted by molar-refractivity contribution is 7.81. The molecule has 0 saturated carbocycles. The normalized spacial score (nSPS) is 12.7. The molecule has 6 nitrogen and oxygen atoms in total. The van der Waals surface area contributed by atoms with E-state index in [1.165, 1.54) is 35.7 Å². The monoisotopic (exact) mass is 451 g/mol. The third kappa shape index (κ3) is 4.27. The van der Waals surface area contributed by atoms with Crippen molar-refractivity contribution in [1.29, 1.82) is 0 Å². The van der Waals surface area contributed by atoms with Crippen LogP contribution in [-0.2, 0) is 11.3 Å². The lowest BCUT2D eigenvalue weighted by Gasteiger charge is -2.18. The molecule has 0 aliphatic rings. The number of benzene rings is 2. The van der Waals surface area contributed by atoms with Crippen LogP contribution < -0.4 is 9.04 Å². The van der Waals surface area contributed by atoms with Crippen molar-refractivity contribution >= 4 is 44.3 Å². The molecule has 0 aliphatic heterocycles. The molecule has 2 aromatic carbocycles. The van der Waals surface area contributed by atoms with Crippen molar-refractivity contribution in [2.24, 2.45) is 0 Å². The lowest BCUT2D eigenvalue weighted by atomic mass is 10.1. The van der Waals surface area contributed by atoms with Gasteiger partial charge in [0.1, 0.15) is 5.75 Å². The number of ether oxygens (including phenoxy) is 1. The average molecular weight is 451 g/mol. The minimum Gasteiger partial charge on any atom is -0.406 e. The number of nitrogens with zero attached hydrogens (tertiary/aromatic N) is 3. The maximum Gasteiger partial charge on any atom is 0.573 e. The fourth-order valence-corrected chi connectivity index (χ4v) is 4.25. The molecule has 0 aliphatic carbocycles. The van der Waals surface area contributed by atoms with Crippen LogP contribution in [0.1, 0.15) is 0 Å². The quantitative estimate of drug-likeness (QED) is 0.404. The molecule has 2 aromatic heterocycles. The molecule has 154 valence electrons. The van der Waals surface area contributed by atoms with Crippen molar-refractivity contribution in [2.75, 3.05) is 4.31 Å². The fraction of sp³-hybridized carbons (Fsp3) is 0.0526. The standard InChI is InChI=1S/C19H12F3N3O3S2/c20-19(21,22)28-14-5-1-4-13(11-14)15-8-7-12-3-2-6-16(17(12)24-15)25(30(26)27)18-23-9-10-29-18/h1-11H,(H,26,27). The van der Waals surface area contributed by atoms with Crippen LogP contribution in [0.5, 0.6) is 5.75 Å². The predicted octanol–water partition coefficient (Wildman–Crippen LogP) is 5.53. The second-order valence-corrected chi connectivity index (χ2v) is 7.66. The largest absolute Gasteiger partial charge is 0.573 e. The molecule has 0 spiro atoms. The molecule has 11 heteroatoms. The Bertz CT molecular complexity index is 1220. The topological polar surface area (TPSA) is 75.5 Å². The minimum absolute atomic E-state index is 0.302. The highest BCUT2D eigenvalue weighted by atomic mass is 32.2. The van der Waals surface area contributed by atoms with E-state index in [2.05, 4.69) is 14.7 Å². The molecule has 0 saturated heterocycles. The maximum absolute atomic E-state index is 12.5. The Balaban J connectivity index is 1.83. The number of rotatable bonds is 5. The summed E-state index contributed by atoms with van der Waals surface area (Å²) in [5, 5.41) is 2.66. The first-order chi connectivity index (χ1) is 14.3. The first kappa shape index (κ1) is 20.3. The molecule has 0 radical (unpaired) electrons. The summed E-state index contributed by atoms with van der Waals surface area (Å²) in [7, 11) is 0. The first-order valence-electron chi connectivity index (χ1n) is 8.38. The number of hydrogen-bond acceptors (Lipinski definition) is 5. The van der Waals surface area contributed by atoms with Crippen molar-refractivity contribution in [1.82, 2.24) is 9.97 Å². The lowest BCUT2D eigenvalue weighted by Crippen LogP contribution is -2.19. The van der Waals surface area contributed by atoms with Gasteiger partial charge in [-0.3, -0.25) is 4.55 Å². The molecule has 0 bridgehead atoms. The summed E-state index contributed by atoms with van der Waals surface area (Å²) in [5.74, 6) is -0.365. The number of para-hydroxylation sites is 1. The van der Waals surface area contributed by atoms with Gasteiger partial charge in [-0.2, -0.15) is 0 Å². The Morgan fingerprint density at radius 3 is 2.60 bits per heavy atom. The van der Waals surface area contributed by atoms with Crippen molar-refractivity contribution < 1.29 is 26.7 Å². The van der Waals surface area contributed by atoms with E-state index in [1.807, 2.05) is 0 Å². The van der Waals surface area contributed by atoms with Gasteiger partial charge in [-0.25, -0.2) is 18.5 Å². The number of anilines is 2. The summed E-state index contributed by atoms with van der Waals surface area (Å²) in [4.78, 5) is 8.64. The zero-order valence-corrected chi connectivity index (χ0v) is 16.5.